The zero-order chi connectivity index (χ0) is 57.1. The monoisotopic (exact) mass is 1100 g/mol. The number of esters is 3. The van der Waals surface area contributed by atoms with Crippen LogP contribution in [0, 0.1) is 0 Å². The maximum Gasteiger partial charge on any atom is 0.306 e. The molecule has 0 amide bonds. The summed E-state index contributed by atoms with van der Waals surface area (Å²) in [5, 5.41) is 0. The van der Waals surface area contributed by atoms with Crippen molar-refractivity contribution in [3.8, 4) is 0 Å². The van der Waals surface area contributed by atoms with Crippen molar-refractivity contribution in [3.63, 3.8) is 0 Å². The minimum Gasteiger partial charge on any atom is -0.462 e. The molecular formula is C73H126O6. The molecule has 0 N–H and O–H groups in total. The molecule has 0 bridgehead atoms. The molecule has 0 radical (unpaired) electrons. The minimum absolute atomic E-state index is 0.0854. The molecule has 0 saturated heterocycles. The first-order chi connectivity index (χ1) is 39.0. The third kappa shape index (κ3) is 65.0. The lowest BCUT2D eigenvalue weighted by atomic mass is 10.0. The van der Waals surface area contributed by atoms with Crippen molar-refractivity contribution in [2.75, 3.05) is 13.2 Å². The standard InChI is InChI=1S/C73H126O6/c1-4-7-10-13-16-19-22-25-28-31-33-34-35-36-37-38-40-42-45-48-51-54-57-60-63-66-72(75)78-69-70(68-77-71(74)65-62-59-56-53-50-47-44-41-30-27-24-21-18-15-12-9-6-3)79-73(76)67-64-61-58-55-52-49-46-43-39-32-29-26-23-20-17-14-11-8-5-2/h8,11,17-18,20-22,25-27,29-31,33,39,43,70H,4-7,9-10,12-16,19,23-24,28,32,34-38,40-42,44-69H2,1-3H3/b11-8-,20-17-,21-18-,25-22-,29-26-,30-27-,33-31-,43-39-. The van der Waals surface area contributed by atoms with Gasteiger partial charge in [-0.15, -0.1) is 0 Å². The molecule has 0 aromatic heterocycles. The molecule has 0 aromatic rings. The molecule has 79 heavy (non-hydrogen) atoms. The van der Waals surface area contributed by atoms with Crippen LogP contribution in [0.1, 0.15) is 329 Å². The quantitative estimate of drug-likeness (QED) is 0.0261. The molecule has 6 nitrogen and oxygen atoms in total. The van der Waals surface area contributed by atoms with Crippen molar-refractivity contribution >= 4 is 17.9 Å². The van der Waals surface area contributed by atoms with Gasteiger partial charge in [-0.05, 0) is 122 Å². The van der Waals surface area contributed by atoms with Crippen LogP contribution in [0.4, 0.5) is 0 Å². The van der Waals surface area contributed by atoms with Crippen LogP contribution in [0.2, 0.25) is 0 Å². The van der Waals surface area contributed by atoms with Gasteiger partial charge in [0.2, 0.25) is 0 Å². The van der Waals surface area contributed by atoms with E-state index in [9.17, 15) is 14.4 Å². The average Bonchev–Trinajstić information content (AvgIpc) is 3.45. The van der Waals surface area contributed by atoms with Crippen LogP contribution in [-0.4, -0.2) is 37.2 Å². The molecule has 6 heteroatoms. The van der Waals surface area contributed by atoms with Crippen molar-refractivity contribution < 1.29 is 28.6 Å². The van der Waals surface area contributed by atoms with E-state index < -0.39 is 6.10 Å². The number of hydrogen-bond donors (Lipinski definition) is 0. The summed E-state index contributed by atoms with van der Waals surface area (Å²) in [4.78, 5) is 38.4. The third-order valence-electron chi connectivity index (χ3n) is 14.5. The summed E-state index contributed by atoms with van der Waals surface area (Å²) < 4.78 is 17.0. The maximum atomic E-state index is 12.9. The Labute approximate surface area is 489 Å². The normalized spacial score (nSPS) is 12.7. The van der Waals surface area contributed by atoms with Gasteiger partial charge < -0.3 is 14.2 Å². The Balaban J connectivity index is 4.37. The molecule has 0 aromatic carbocycles. The molecule has 0 fully saturated rings. The highest BCUT2D eigenvalue weighted by Gasteiger charge is 2.19. The molecule has 0 spiro atoms. The zero-order valence-electron chi connectivity index (χ0n) is 52.1. The van der Waals surface area contributed by atoms with E-state index in [2.05, 4.69) is 118 Å². The Bertz CT molecular complexity index is 1540. The highest BCUT2D eigenvalue weighted by atomic mass is 16.6. The highest BCUT2D eigenvalue weighted by molar-refractivity contribution is 5.71. The van der Waals surface area contributed by atoms with Gasteiger partial charge in [-0.1, -0.05) is 285 Å². The second kappa shape index (κ2) is 66.8. The van der Waals surface area contributed by atoms with E-state index in [1.165, 1.54) is 173 Å². The lowest BCUT2D eigenvalue weighted by Crippen LogP contribution is -2.30. The maximum absolute atomic E-state index is 12.9. The van der Waals surface area contributed by atoms with Crippen molar-refractivity contribution in [1.29, 1.82) is 0 Å². The second-order valence-corrected chi connectivity index (χ2v) is 22.3. The molecule has 0 aliphatic rings. The first-order valence-corrected chi connectivity index (χ1v) is 33.7. The smallest absolute Gasteiger partial charge is 0.306 e. The Morgan fingerprint density at radius 3 is 0.797 bits per heavy atom. The Morgan fingerprint density at radius 1 is 0.266 bits per heavy atom. The van der Waals surface area contributed by atoms with Crippen LogP contribution in [0.15, 0.2) is 97.2 Å². The van der Waals surface area contributed by atoms with Gasteiger partial charge in [0, 0.05) is 19.3 Å². The van der Waals surface area contributed by atoms with E-state index in [0.29, 0.717) is 19.3 Å². The third-order valence-corrected chi connectivity index (χ3v) is 14.5. The van der Waals surface area contributed by atoms with Crippen molar-refractivity contribution in [3.05, 3.63) is 97.2 Å². The summed E-state index contributed by atoms with van der Waals surface area (Å²) >= 11 is 0. The fourth-order valence-electron chi connectivity index (χ4n) is 9.50. The first-order valence-electron chi connectivity index (χ1n) is 33.7. The van der Waals surface area contributed by atoms with Crippen LogP contribution in [0.5, 0.6) is 0 Å². The molecule has 1 atom stereocenters. The predicted octanol–water partition coefficient (Wildman–Crippen LogP) is 23.2. The molecule has 0 heterocycles. The number of ether oxygens (including phenoxy) is 3. The highest BCUT2D eigenvalue weighted by Crippen LogP contribution is 2.16. The second-order valence-electron chi connectivity index (χ2n) is 22.3. The van der Waals surface area contributed by atoms with E-state index in [4.69, 9.17) is 14.2 Å². The van der Waals surface area contributed by atoms with Crippen molar-refractivity contribution in [2.24, 2.45) is 0 Å². The van der Waals surface area contributed by atoms with Gasteiger partial charge in [0.05, 0.1) is 0 Å². The van der Waals surface area contributed by atoms with Crippen LogP contribution < -0.4 is 0 Å². The predicted molar refractivity (Wildman–Crippen MR) is 344 cm³/mol. The lowest BCUT2D eigenvalue weighted by molar-refractivity contribution is -0.167. The van der Waals surface area contributed by atoms with E-state index >= 15 is 0 Å². The van der Waals surface area contributed by atoms with Gasteiger partial charge in [0.1, 0.15) is 13.2 Å². The molecular weight excluding hydrogens is 973 g/mol. The van der Waals surface area contributed by atoms with Crippen LogP contribution in [-0.2, 0) is 28.6 Å². The van der Waals surface area contributed by atoms with Gasteiger partial charge in [0.25, 0.3) is 0 Å². The van der Waals surface area contributed by atoms with E-state index in [1.54, 1.807) is 0 Å². The van der Waals surface area contributed by atoms with Crippen LogP contribution in [0.3, 0.4) is 0 Å². The average molecular weight is 1100 g/mol. The SMILES string of the molecule is CC/C=C\C/C=C\C/C=C\C/C=C\CCCCCCCCC(=O)OC(COC(=O)CCCCCCCCC/C=C\C/C=C\CCCCC)COC(=O)CCCCCCCCCCCCCCC/C=C\C/C=C\CCCCCCC. The van der Waals surface area contributed by atoms with Gasteiger partial charge in [-0.2, -0.15) is 0 Å². The van der Waals surface area contributed by atoms with Crippen LogP contribution in [0.25, 0.3) is 0 Å². The van der Waals surface area contributed by atoms with Gasteiger partial charge >= 0.3 is 17.9 Å². The summed E-state index contributed by atoms with van der Waals surface area (Å²) in [7, 11) is 0. The summed E-state index contributed by atoms with van der Waals surface area (Å²) in [6, 6.07) is 0. The fraction of sp³-hybridized carbons (Fsp3) is 0.740. The molecule has 0 rings (SSSR count). The number of carbonyl (C=O) groups excluding carboxylic acids is 3. The number of allylic oxidation sites excluding steroid dienone is 16. The number of unbranched alkanes of at least 4 members (excludes halogenated alkanes) is 34. The summed E-state index contributed by atoms with van der Waals surface area (Å²) in [5.74, 6) is -0.896. The molecule has 1 unspecified atom stereocenters. The van der Waals surface area contributed by atoms with Crippen LogP contribution >= 0.6 is 0 Å². The zero-order valence-corrected chi connectivity index (χ0v) is 52.1. The van der Waals surface area contributed by atoms with E-state index in [1.807, 2.05) is 0 Å². The Morgan fingerprint density at radius 2 is 0.494 bits per heavy atom. The van der Waals surface area contributed by atoms with E-state index in [0.717, 1.165) is 116 Å². The minimum atomic E-state index is -0.792. The Hall–Kier alpha value is -3.67. The lowest BCUT2D eigenvalue weighted by Gasteiger charge is -2.18. The van der Waals surface area contributed by atoms with E-state index in [-0.39, 0.29) is 31.1 Å². The molecule has 0 saturated carbocycles. The number of carbonyl (C=O) groups is 3. The van der Waals surface area contributed by atoms with Gasteiger partial charge in [-0.3, -0.25) is 14.4 Å². The molecule has 0 aliphatic carbocycles. The van der Waals surface area contributed by atoms with Gasteiger partial charge in [-0.25, -0.2) is 0 Å². The van der Waals surface area contributed by atoms with Gasteiger partial charge in [0.15, 0.2) is 6.10 Å². The number of hydrogen-bond acceptors (Lipinski definition) is 6. The molecule has 454 valence electrons. The van der Waals surface area contributed by atoms with Crippen molar-refractivity contribution in [2.45, 2.75) is 335 Å². The summed E-state index contributed by atoms with van der Waals surface area (Å²) in [6.45, 7) is 6.51. The summed E-state index contributed by atoms with van der Waals surface area (Å²) in [6.07, 6.45) is 89.8. The largest absolute Gasteiger partial charge is 0.462 e. The number of rotatable bonds is 61. The summed E-state index contributed by atoms with van der Waals surface area (Å²) in [5.41, 5.74) is 0. The fourth-order valence-corrected chi connectivity index (χ4v) is 9.50. The first kappa shape index (κ1) is 75.3. The Kier molecular flexibility index (Phi) is 63.7. The molecule has 0 aliphatic heterocycles. The topological polar surface area (TPSA) is 78.9 Å². The van der Waals surface area contributed by atoms with Crippen molar-refractivity contribution in [1.82, 2.24) is 0 Å².